The van der Waals surface area contributed by atoms with E-state index in [9.17, 15) is 14.4 Å². The fourth-order valence-corrected chi connectivity index (χ4v) is 19.6. The fourth-order valence-electron chi connectivity index (χ4n) is 16.8. The number of benzene rings is 4. The minimum Gasteiger partial charge on any atom is -0.426 e. The van der Waals surface area contributed by atoms with Crippen LogP contribution < -0.4 is 14.2 Å². The zero-order valence-electron chi connectivity index (χ0n) is 37.4. The molecule has 0 unspecified atom stereocenters. The Morgan fingerprint density at radius 1 is 0.354 bits per heavy atom. The summed E-state index contributed by atoms with van der Waals surface area (Å²) >= 11 is 1.70. The molecule has 0 N–H and O–H groups in total. The summed E-state index contributed by atoms with van der Waals surface area (Å²) < 4.78 is 18.5. The summed E-state index contributed by atoms with van der Waals surface area (Å²) in [4.78, 5) is 46.9. The minimum atomic E-state index is -0.481. The Bertz CT molecular complexity index is 2280. The second-order valence-electron chi connectivity index (χ2n) is 23.1. The largest absolute Gasteiger partial charge is 0.426 e. The van der Waals surface area contributed by atoms with Crippen molar-refractivity contribution in [2.45, 2.75) is 140 Å². The third-order valence-corrected chi connectivity index (χ3v) is 21.5. The molecule has 0 radical (unpaired) electrons. The minimum absolute atomic E-state index is 0.00988. The molecular weight excluding hydrogens is 845 g/mol. The number of hydrogen-bond acceptors (Lipinski definition) is 7. The molecule has 336 valence electrons. The average Bonchev–Trinajstić information content (AvgIpc) is 3.27. The van der Waals surface area contributed by atoms with Crippen LogP contribution in [0.1, 0.15) is 116 Å². The number of rotatable bonds is 11. The molecule has 6 nitrogen and oxygen atoms in total. The third-order valence-electron chi connectivity index (χ3n) is 18.3. The highest BCUT2D eigenvalue weighted by Gasteiger charge is 2.58. The maximum absolute atomic E-state index is 13.9. The Morgan fingerprint density at radius 3 is 0.831 bits per heavy atom. The summed E-state index contributed by atoms with van der Waals surface area (Å²) in [5.74, 6) is 8.02. The number of carbonyl (C=O) groups excluding carboxylic acids is 3. The first-order valence-electron chi connectivity index (χ1n) is 25.1. The first kappa shape index (κ1) is 41.2. The van der Waals surface area contributed by atoms with Crippen molar-refractivity contribution >= 4 is 40.6 Å². The molecule has 12 saturated carbocycles. The average molecular weight is 906 g/mol. The quantitative estimate of drug-likeness (QED) is 0.0842. The van der Waals surface area contributed by atoms with Gasteiger partial charge in [0.1, 0.15) is 17.2 Å². The van der Waals surface area contributed by atoms with Gasteiger partial charge in [-0.3, -0.25) is 14.4 Å². The lowest BCUT2D eigenvalue weighted by Gasteiger charge is -2.55. The number of carbonyl (C=O) groups is 3. The van der Waals surface area contributed by atoms with Gasteiger partial charge in [0.25, 0.3) is 0 Å². The molecule has 4 aromatic rings. The highest BCUT2D eigenvalue weighted by atomic mass is 32.2. The molecule has 12 fully saturated rings. The lowest BCUT2D eigenvalue weighted by atomic mass is 9.49. The highest BCUT2D eigenvalue weighted by molar-refractivity contribution is 7.99. The molecule has 0 atom stereocenters. The van der Waals surface area contributed by atoms with Gasteiger partial charge in [-0.15, -0.1) is 0 Å². The molecule has 0 aromatic heterocycles. The Labute approximate surface area is 391 Å². The van der Waals surface area contributed by atoms with Gasteiger partial charge in [0, 0.05) is 9.79 Å². The lowest BCUT2D eigenvalue weighted by Crippen LogP contribution is -2.51. The Hall–Kier alpha value is -4.01. The van der Waals surface area contributed by atoms with E-state index in [1.807, 2.05) is 36.4 Å². The number of hydrogen-bond donors (Lipinski definition) is 0. The first-order valence-corrected chi connectivity index (χ1v) is 27.1. The summed E-state index contributed by atoms with van der Waals surface area (Å²) in [6, 6.07) is 33.2. The normalized spacial score (nSPS) is 37.0. The van der Waals surface area contributed by atoms with E-state index >= 15 is 0 Å². The van der Waals surface area contributed by atoms with Crippen LogP contribution in [0.4, 0.5) is 0 Å². The van der Waals surface area contributed by atoms with E-state index in [0.29, 0.717) is 70.5 Å². The maximum atomic E-state index is 13.9. The molecule has 8 heteroatoms. The number of ether oxygens (including phenoxy) is 3. The second kappa shape index (κ2) is 15.8. The van der Waals surface area contributed by atoms with Gasteiger partial charge in [0.05, 0.1) is 27.1 Å². The van der Waals surface area contributed by atoms with Crippen LogP contribution in [0.15, 0.2) is 122 Å². The van der Waals surface area contributed by atoms with Crippen LogP contribution in [0, 0.1) is 69.5 Å². The molecule has 12 aliphatic rings. The summed E-state index contributed by atoms with van der Waals surface area (Å²) in [5.41, 5.74) is -0.879. The van der Waals surface area contributed by atoms with Crippen molar-refractivity contribution in [2.75, 3.05) is 0 Å². The summed E-state index contributed by atoms with van der Waals surface area (Å²) in [6.07, 6.45) is 20.6. The Balaban J connectivity index is 0.720. The SMILES string of the molecule is O=C(Oc1ccc(Sc2ccc([S+](c3ccc(OC(=O)C45CC6CC(CC(C6)C4)C5)cc3)c3ccc(OC(=O)C45CC6CC(CC(C6)C4)C5)cc3)cc2)cc1)C12CC3CC(CC(C3)C1)C2. The summed E-state index contributed by atoms with van der Waals surface area (Å²) in [7, 11) is -0.481. The van der Waals surface area contributed by atoms with Gasteiger partial charge in [-0.05, 0) is 266 Å². The molecule has 12 aliphatic carbocycles. The standard InChI is InChI=1S/C57H61O6S2/c58-52(55-26-35-17-36(27-55)19-37(18-35)28-55)61-44-1-7-47(8-2-44)64-48-9-15-51(16-10-48)65(49-11-3-45(4-12-49)62-53(59)56-29-38-20-39(30-56)22-40(21-38)31-56)50-13-5-46(6-14-50)63-54(60)57-32-41-23-42(33-57)25-43(24-41)34-57/h1-16,35-43H,17-34H2/q+1. The van der Waals surface area contributed by atoms with Gasteiger partial charge in [0.15, 0.2) is 14.7 Å². The molecule has 0 aliphatic heterocycles. The maximum Gasteiger partial charge on any atom is 0.317 e. The molecule has 65 heavy (non-hydrogen) atoms. The molecule has 16 rings (SSSR count). The summed E-state index contributed by atoms with van der Waals surface area (Å²) in [5, 5.41) is 0. The second-order valence-corrected chi connectivity index (χ2v) is 26.2. The lowest BCUT2D eigenvalue weighted by molar-refractivity contribution is -0.162. The van der Waals surface area contributed by atoms with E-state index in [0.717, 1.165) is 82.3 Å². The smallest absolute Gasteiger partial charge is 0.317 e. The van der Waals surface area contributed by atoms with E-state index in [1.54, 1.807) is 11.8 Å². The van der Waals surface area contributed by atoms with Crippen molar-refractivity contribution in [3.05, 3.63) is 97.1 Å². The van der Waals surface area contributed by atoms with E-state index in [2.05, 4.69) is 60.7 Å². The topological polar surface area (TPSA) is 78.9 Å². The van der Waals surface area contributed by atoms with Crippen molar-refractivity contribution < 1.29 is 28.6 Å². The van der Waals surface area contributed by atoms with Crippen molar-refractivity contribution in [2.24, 2.45) is 69.5 Å². The van der Waals surface area contributed by atoms with Crippen LogP contribution >= 0.6 is 11.8 Å². The van der Waals surface area contributed by atoms with Gasteiger partial charge in [-0.1, -0.05) is 11.8 Å². The van der Waals surface area contributed by atoms with E-state index < -0.39 is 10.9 Å². The van der Waals surface area contributed by atoms with Crippen LogP contribution in [0.2, 0.25) is 0 Å². The number of esters is 3. The fraction of sp³-hybridized carbons (Fsp3) is 0.526. The predicted octanol–water partition coefficient (Wildman–Crippen LogP) is 13.3. The summed E-state index contributed by atoms with van der Waals surface area (Å²) in [6.45, 7) is 0. The van der Waals surface area contributed by atoms with Crippen LogP contribution in [-0.2, 0) is 25.3 Å². The van der Waals surface area contributed by atoms with Crippen LogP contribution in [0.5, 0.6) is 17.2 Å². The molecule has 12 bridgehead atoms. The molecule has 0 amide bonds. The van der Waals surface area contributed by atoms with Crippen molar-refractivity contribution in [1.82, 2.24) is 0 Å². The van der Waals surface area contributed by atoms with Gasteiger partial charge >= 0.3 is 17.9 Å². The third kappa shape index (κ3) is 7.59. The molecule has 0 heterocycles. The van der Waals surface area contributed by atoms with Crippen LogP contribution in [-0.4, -0.2) is 17.9 Å². The predicted molar refractivity (Wildman–Crippen MR) is 251 cm³/mol. The van der Waals surface area contributed by atoms with Gasteiger partial charge in [0.2, 0.25) is 0 Å². The Kier molecular flexibility index (Phi) is 10.0. The van der Waals surface area contributed by atoms with Crippen molar-refractivity contribution in [3.8, 4) is 17.2 Å². The van der Waals surface area contributed by atoms with Crippen molar-refractivity contribution in [1.29, 1.82) is 0 Å². The van der Waals surface area contributed by atoms with E-state index in [1.165, 1.54) is 57.8 Å². The van der Waals surface area contributed by atoms with E-state index in [-0.39, 0.29) is 34.2 Å². The molecule has 4 aromatic carbocycles. The van der Waals surface area contributed by atoms with Crippen molar-refractivity contribution in [3.63, 3.8) is 0 Å². The van der Waals surface area contributed by atoms with Crippen LogP contribution in [0.25, 0.3) is 0 Å². The van der Waals surface area contributed by atoms with Crippen LogP contribution in [0.3, 0.4) is 0 Å². The van der Waals surface area contributed by atoms with E-state index in [4.69, 9.17) is 14.2 Å². The molecule has 0 saturated heterocycles. The monoisotopic (exact) mass is 905 g/mol. The zero-order valence-corrected chi connectivity index (χ0v) is 39.1. The first-order chi connectivity index (χ1) is 31.6. The highest BCUT2D eigenvalue weighted by Crippen LogP contribution is 2.63. The van der Waals surface area contributed by atoms with Gasteiger partial charge in [-0.25, -0.2) is 0 Å². The van der Waals surface area contributed by atoms with Gasteiger partial charge < -0.3 is 14.2 Å². The van der Waals surface area contributed by atoms with Gasteiger partial charge in [-0.2, -0.15) is 0 Å². The Morgan fingerprint density at radius 2 is 0.569 bits per heavy atom. The molecular formula is C57H61O6S2+. The zero-order chi connectivity index (χ0) is 43.5. The molecule has 0 spiro atoms.